The van der Waals surface area contributed by atoms with Crippen LogP contribution in [0.4, 0.5) is 0 Å². The number of hydrogen-bond donors (Lipinski definition) is 0. The van der Waals surface area contributed by atoms with Crippen LogP contribution in [0.5, 0.6) is 5.75 Å². The number of nitrogens with zero attached hydrogens (tertiary/aromatic N) is 3. The van der Waals surface area contributed by atoms with Gasteiger partial charge in [-0.1, -0.05) is 30.3 Å². The van der Waals surface area contributed by atoms with Crippen LogP contribution in [0.1, 0.15) is 46.7 Å². The minimum absolute atomic E-state index is 0.0109. The summed E-state index contributed by atoms with van der Waals surface area (Å²) in [5, 5.41) is 22.6. The van der Waals surface area contributed by atoms with E-state index in [-0.39, 0.29) is 12.0 Å². The molecule has 43 heavy (non-hydrogen) atoms. The third-order valence-corrected chi connectivity index (χ3v) is 9.39. The van der Waals surface area contributed by atoms with Gasteiger partial charge in [0.2, 0.25) is 0 Å². The third kappa shape index (κ3) is 3.49. The van der Waals surface area contributed by atoms with Crippen LogP contribution in [0.25, 0.3) is 50.8 Å². The number of para-hydroxylation sites is 1. The van der Waals surface area contributed by atoms with Gasteiger partial charge < -0.3 is 13.7 Å². The van der Waals surface area contributed by atoms with Crippen molar-refractivity contribution in [3.05, 3.63) is 117 Å². The van der Waals surface area contributed by atoms with Gasteiger partial charge in [-0.2, -0.15) is 10.5 Å². The van der Waals surface area contributed by atoms with E-state index >= 15 is 0 Å². The molecule has 2 aromatic heterocycles. The molecule has 5 heteroatoms. The number of ether oxygens (including phenoxy) is 1. The molecule has 0 spiro atoms. The Kier molecular flexibility index (Phi) is 5.04. The van der Waals surface area contributed by atoms with Crippen LogP contribution in [0.15, 0.2) is 83.3 Å². The molecule has 0 amide bonds. The third-order valence-electron chi connectivity index (χ3n) is 9.39. The average Bonchev–Trinajstić information content (AvgIpc) is 3.71. The molecule has 0 N–H and O–H groups in total. The maximum atomic E-state index is 9.89. The Morgan fingerprint density at radius 3 is 2.53 bits per heavy atom. The Balaban J connectivity index is 1.23. The molecule has 0 radical (unpaired) electrons. The molecule has 6 aromatic rings. The summed E-state index contributed by atoms with van der Waals surface area (Å²) in [5.74, 6) is 0.872. The fraction of sp³-hybridized carbons (Fsp3) is 0.158. The topological polar surface area (TPSA) is 74.9 Å². The molecule has 4 aromatic carbocycles. The molecule has 3 heterocycles. The summed E-state index contributed by atoms with van der Waals surface area (Å²) in [7, 11) is 0. The van der Waals surface area contributed by atoms with Crippen LogP contribution in [0.3, 0.4) is 0 Å². The van der Waals surface area contributed by atoms with Crippen LogP contribution < -0.4 is 15.4 Å². The lowest BCUT2D eigenvalue weighted by Crippen LogP contribution is -2.32. The monoisotopic (exact) mass is 555 g/mol. The zero-order valence-corrected chi connectivity index (χ0v) is 23.3. The number of fused-ring (bicyclic) bond motifs is 9. The first-order chi connectivity index (χ1) is 21.2. The Bertz CT molecular complexity index is 2380. The molecule has 9 rings (SSSR count). The Hall–Kier alpha value is -5.52. The quantitative estimate of drug-likeness (QED) is 0.236. The second-order valence-electron chi connectivity index (χ2n) is 11.7. The van der Waals surface area contributed by atoms with E-state index in [2.05, 4.69) is 77.4 Å². The SMILES string of the molecule is N#Cc1ccc(-n2c3c(c4ccccc42)CCCC3)c(-c2ccc3c(c2)C2C=c4c(oc5ccc(C#N)cc45)=CC2O3)c1. The van der Waals surface area contributed by atoms with Crippen molar-refractivity contribution in [3.63, 3.8) is 0 Å². The van der Waals surface area contributed by atoms with Crippen molar-refractivity contribution in [2.75, 3.05) is 0 Å². The van der Waals surface area contributed by atoms with Crippen LogP contribution in [-0.2, 0) is 12.8 Å². The number of aryl methyl sites for hydroxylation is 1. The van der Waals surface area contributed by atoms with Gasteiger partial charge in [-0.25, -0.2) is 0 Å². The molecular formula is C38H25N3O2. The summed E-state index contributed by atoms with van der Waals surface area (Å²) < 4.78 is 15.0. The molecular weight excluding hydrogens is 530 g/mol. The van der Waals surface area contributed by atoms with Crippen LogP contribution >= 0.6 is 0 Å². The number of benzene rings is 4. The highest BCUT2D eigenvalue weighted by atomic mass is 16.5. The molecule has 3 aliphatic rings. The first-order valence-electron chi connectivity index (χ1n) is 14.8. The van der Waals surface area contributed by atoms with Crippen LogP contribution in [-0.4, -0.2) is 10.7 Å². The van der Waals surface area contributed by atoms with Crippen molar-refractivity contribution in [3.8, 4) is 34.7 Å². The van der Waals surface area contributed by atoms with E-state index in [1.807, 2.05) is 24.3 Å². The summed E-state index contributed by atoms with van der Waals surface area (Å²) in [6.45, 7) is 0. The standard InChI is InChI=1S/C38H25N3O2/c39-20-22-9-12-34(41-32-7-3-1-5-25(32)26-6-2-4-8-33(26)41)27(15-22)24-11-14-36-29(17-24)31-18-30-28-16-23(21-40)10-13-35(28)42-37(30)19-38(31)43-36/h1,3,5,7,9-19,31,38H,2,4,6,8H2. The summed E-state index contributed by atoms with van der Waals surface area (Å²) in [6.07, 6.45) is 8.66. The fourth-order valence-corrected chi connectivity index (χ4v) is 7.44. The van der Waals surface area contributed by atoms with Gasteiger partial charge in [0.25, 0.3) is 0 Å². The molecule has 0 saturated carbocycles. The zero-order chi connectivity index (χ0) is 28.7. The predicted octanol–water partition coefficient (Wildman–Crippen LogP) is 6.79. The van der Waals surface area contributed by atoms with Gasteiger partial charge in [0, 0.05) is 44.8 Å². The first-order valence-corrected chi connectivity index (χ1v) is 14.8. The normalized spacial score (nSPS) is 17.9. The van der Waals surface area contributed by atoms with Crippen molar-refractivity contribution in [2.45, 2.75) is 37.7 Å². The Labute approximate surface area is 247 Å². The largest absolute Gasteiger partial charge is 0.485 e. The number of nitriles is 2. The van der Waals surface area contributed by atoms with Crippen molar-refractivity contribution >= 4 is 34.0 Å². The van der Waals surface area contributed by atoms with E-state index < -0.39 is 0 Å². The second-order valence-corrected chi connectivity index (χ2v) is 11.7. The average molecular weight is 556 g/mol. The van der Waals surface area contributed by atoms with Gasteiger partial charge in [0.05, 0.1) is 34.5 Å². The molecule has 204 valence electrons. The van der Waals surface area contributed by atoms with Gasteiger partial charge in [-0.3, -0.25) is 0 Å². The number of hydrogen-bond acceptors (Lipinski definition) is 4. The lowest BCUT2D eigenvalue weighted by Gasteiger charge is -2.19. The van der Waals surface area contributed by atoms with Gasteiger partial charge in [-0.15, -0.1) is 0 Å². The van der Waals surface area contributed by atoms with E-state index in [0.717, 1.165) is 62.6 Å². The van der Waals surface area contributed by atoms with Crippen LogP contribution in [0.2, 0.25) is 0 Å². The highest BCUT2D eigenvalue weighted by Crippen LogP contribution is 2.44. The van der Waals surface area contributed by atoms with E-state index in [0.29, 0.717) is 11.1 Å². The summed E-state index contributed by atoms with van der Waals surface area (Å²) in [6, 6.07) is 31.3. The maximum absolute atomic E-state index is 9.89. The van der Waals surface area contributed by atoms with E-state index in [4.69, 9.17) is 9.15 Å². The molecule has 2 atom stereocenters. The lowest BCUT2D eigenvalue weighted by molar-refractivity contribution is 0.286. The van der Waals surface area contributed by atoms with Crippen molar-refractivity contribution in [1.29, 1.82) is 10.5 Å². The minimum atomic E-state index is -0.168. The summed E-state index contributed by atoms with van der Waals surface area (Å²) in [4.78, 5) is 0. The van der Waals surface area contributed by atoms with E-state index in [1.54, 1.807) is 6.07 Å². The van der Waals surface area contributed by atoms with Crippen molar-refractivity contribution in [2.24, 2.45) is 0 Å². The lowest BCUT2D eigenvalue weighted by atomic mass is 9.89. The van der Waals surface area contributed by atoms with Crippen LogP contribution in [0, 0.1) is 22.7 Å². The predicted molar refractivity (Wildman–Crippen MR) is 166 cm³/mol. The number of furan rings is 1. The van der Waals surface area contributed by atoms with Gasteiger partial charge in [0.15, 0.2) is 0 Å². The van der Waals surface area contributed by atoms with Gasteiger partial charge in [-0.05, 0) is 91.4 Å². The summed E-state index contributed by atoms with van der Waals surface area (Å²) in [5.41, 5.74) is 11.2. The molecule has 2 aliphatic carbocycles. The smallest absolute Gasteiger partial charge is 0.135 e. The number of aromatic nitrogens is 1. The Morgan fingerprint density at radius 2 is 1.63 bits per heavy atom. The molecule has 0 fully saturated rings. The minimum Gasteiger partial charge on any atom is -0.485 e. The second kappa shape index (κ2) is 8.99. The molecule has 2 unspecified atom stereocenters. The molecule has 5 nitrogen and oxygen atoms in total. The molecule has 0 bridgehead atoms. The van der Waals surface area contributed by atoms with E-state index in [1.165, 1.54) is 35.0 Å². The first kappa shape index (κ1) is 24.1. The van der Waals surface area contributed by atoms with E-state index in [9.17, 15) is 10.5 Å². The number of rotatable bonds is 2. The van der Waals surface area contributed by atoms with Crippen molar-refractivity contribution < 1.29 is 9.15 Å². The zero-order valence-electron chi connectivity index (χ0n) is 23.3. The summed E-state index contributed by atoms with van der Waals surface area (Å²) >= 11 is 0. The maximum Gasteiger partial charge on any atom is 0.135 e. The van der Waals surface area contributed by atoms with Crippen molar-refractivity contribution in [1.82, 2.24) is 4.57 Å². The molecule has 0 saturated heterocycles. The highest BCUT2D eigenvalue weighted by Gasteiger charge is 2.34. The molecule has 1 aliphatic heterocycles. The fourth-order valence-electron chi connectivity index (χ4n) is 7.44. The highest BCUT2D eigenvalue weighted by molar-refractivity contribution is 5.90. The van der Waals surface area contributed by atoms with Gasteiger partial charge >= 0.3 is 0 Å². The van der Waals surface area contributed by atoms with Gasteiger partial charge in [0.1, 0.15) is 22.9 Å². The Morgan fingerprint density at radius 1 is 0.791 bits per heavy atom.